The van der Waals surface area contributed by atoms with Crippen molar-refractivity contribution in [3.8, 4) is 11.8 Å². The molecule has 7 nitrogen and oxygen atoms in total. The monoisotopic (exact) mass is 418 g/mol. The Bertz CT molecular complexity index is 1040. The van der Waals surface area contributed by atoms with Gasteiger partial charge in [0.05, 0.1) is 11.6 Å². The maximum atomic E-state index is 9.42. The number of benzene rings is 2. The molecule has 1 saturated heterocycles. The first-order valence-electron chi connectivity index (χ1n) is 9.69. The second-order valence-electron chi connectivity index (χ2n) is 7.01. The highest BCUT2D eigenvalue weighted by molar-refractivity contribution is 7.97. The Kier molecular flexibility index (Phi) is 6.02. The molecule has 3 aromatic rings. The normalized spacial score (nSPS) is 14.3. The fraction of sp³-hybridized carbons (Fsp3) is 0.227. The van der Waals surface area contributed by atoms with Gasteiger partial charge in [-0.1, -0.05) is 0 Å². The van der Waals surface area contributed by atoms with Gasteiger partial charge in [0.15, 0.2) is 0 Å². The molecule has 0 unspecified atom stereocenters. The van der Waals surface area contributed by atoms with Crippen molar-refractivity contribution in [2.24, 2.45) is 0 Å². The van der Waals surface area contributed by atoms with Gasteiger partial charge in [0, 0.05) is 48.5 Å². The third-order valence-electron chi connectivity index (χ3n) is 4.72. The topological polar surface area (TPSA) is 88.3 Å². The van der Waals surface area contributed by atoms with Gasteiger partial charge in [-0.2, -0.15) is 10.2 Å². The van der Waals surface area contributed by atoms with Crippen LogP contribution in [0.15, 0.2) is 59.5 Å². The summed E-state index contributed by atoms with van der Waals surface area (Å²) in [6.45, 7) is 5.42. The molecule has 1 fully saturated rings. The highest BCUT2D eigenvalue weighted by Crippen LogP contribution is 2.27. The molecule has 1 aromatic heterocycles. The molecule has 152 valence electrons. The van der Waals surface area contributed by atoms with Gasteiger partial charge >= 0.3 is 0 Å². The van der Waals surface area contributed by atoms with Crippen LogP contribution in [0.4, 0.5) is 17.5 Å². The number of phenolic OH excluding ortho intramolecular Hbond substituents is 1. The van der Waals surface area contributed by atoms with Gasteiger partial charge < -0.3 is 15.3 Å². The number of aromatic nitrogens is 2. The van der Waals surface area contributed by atoms with Gasteiger partial charge in [-0.05, 0) is 67.4 Å². The number of aromatic hydroxyl groups is 1. The van der Waals surface area contributed by atoms with Crippen LogP contribution in [0.1, 0.15) is 11.3 Å². The molecule has 8 heteroatoms. The van der Waals surface area contributed by atoms with Crippen molar-refractivity contribution in [1.29, 1.82) is 5.26 Å². The maximum Gasteiger partial charge on any atom is 0.227 e. The van der Waals surface area contributed by atoms with Crippen molar-refractivity contribution < 1.29 is 5.11 Å². The third kappa shape index (κ3) is 5.00. The van der Waals surface area contributed by atoms with Gasteiger partial charge in [0.1, 0.15) is 11.6 Å². The molecule has 0 saturated carbocycles. The van der Waals surface area contributed by atoms with E-state index in [2.05, 4.69) is 25.6 Å². The average Bonchev–Trinajstić information content (AvgIpc) is 2.76. The van der Waals surface area contributed by atoms with Crippen molar-refractivity contribution in [2.75, 3.05) is 36.4 Å². The van der Waals surface area contributed by atoms with E-state index in [0.29, 0.717) is 5.56 Å². The number of aryl methyl sites for hydroxylation is 1. The van der Waals surface area contributed by atoms with E-state index in [1.807, 2.05) is 37.3 Å². The molecular formula is C22H22N6OS. The lowest BCUT2D eigenvalue weighted by Crippen LogP contribution is -2.44. The van der Waals surface area contributed by atoms with E-state index >= 15 is 0 Å². The van der Waals surface area contributed by atoms with Gasteiger partial charge in [0.2, 0.25) is 5.95 Å². The Labute approximate surface area is 180 Å². The summed E-state index contributed by atoms with van der Waals surface area (Å²) in [5.74, 6) is 1.75. The number of hydrogen-bond donors (Lipinski definition) is 2. The van der Waals surface area contributed by atoms with Crippen LogP contribution in [-0.2, 0) is 0 Å². The smallest absolute Gasteiger partial charge is 0.227 e. The Balaban J connectivity index is 1.39. The molecule has 0 amide bonds. The quantitative estimate of drug-likeness (QED) is 0.603. The summed E-state index contributed by atoms with van der Waals surface area (Å²) in [5.41, 5.74) is 2.41. The Morgan fingerprint density at radius 2 is 1.70 bits per heavy atom. The SMILES string of the molecule is Cc1cc(Nc2ccc(C#N)cc2)nc(N2CCN(Sc3ccc(O)cc3)CC2)n1. The highest BCUT2D eigenvalue weighted by Gasteiger charge is 2.20. The fourth-order valence-corrected chi connectivity index (χ4v) is 4.07. The van der Waals surface area contributed by atoms with Gasteiger partial charge in [-0.15, -0.1) is 0 Å². The molecule has 1 aliphatic heterocycles. The zero-order valence-corrected chi connectivity index (χ0v) is 17.4. The van der Waals surface area contributed by atoms with Crippen molar-refractivity contribution in [1.82, 2.24) is 14.3 Å². The zero-order valence-electron chi connectivity index (χ0n) is 16.6. The summed E-state index contributed by atoms with van der Waals surface area (Å²) in [4.78, 5) is 12.6. The maximum absolute atomic E-state index is 9.42. The molecule has 0 aliphatic carbocycles. The molecule has 2 N–H and O–H groups in total. The van der Waals surface area contributed by atoms with E-state index < -0.39 is 0 Å². The number of nitrogens with one attached hydrogen (secondary N) is 1. The fourth-order valence-electron chi connectivity index (χ4n) is 3.17. The standard InChI is InChI=1S/C22H22N6OS/c1-16-14-21(25-18-4-2-17(15-23)3-5-18)26-22(24-16)27-10-12-28(13-11-27)30-20-8-6-19(29)7-9-20/h2-9,14,29H,10-13H2,1H3,(H,24,25,26). The summed E-state index contributed by atoms with van der Waals surface area (Å²) >= 11 is 1.70. The van der Waals surface area contributed by atoms with Crippen molar-refractivity contribution in [3.63, 3.8) is 0 Å². The highest BCUT2D eigenvalue weighted by atomic mass is 32.2. The van der Waals surface area contributed by atoms with E-state index in [1.165, 1.54) is 0 Å². The van der Waals surface area contributed by atoms with Crippen LogP contribution in [0, 0.1) is 18.3 Å². The van der Waals surface area contributed by atoms with Gasteiger partial charge in [-0.3, -0.25) is 0 Å². The molecule has 2 heterocycles. The number of piperazine rings is 1. The lowest BCUT2D eigenvalue weighted by Gasteiger charge is -2.34. The van der Waals surface area contributed by atoms with Crippen molar-refractivity contribution >= 4 is 29.4 Å². The van der Waals surface area contributed by atoms with Crippen LogP contribution in [0.3, 0.4) is 0 Å². The van der Waals surface area contributed by atoms with E-state index in [9.17, 15) is 5.11 Å². The molecular weight excluding hydrogens is 396 g/mol. The molecule has 2 aromatic carbocycles. The van der Waals surface area contributed by atoms with E-state index in [0.717, 1.165) is 54.2 Å². The summed E-state index contributed by atoms with van der Waals surface area (Å²) < 4.78 is 2.31. The summed E-state index contributed by atoms with van der Waals surface area (Å²) in [7, 11) is 0. The second kappa shape index (κ2) is 9.03. The number of anilines is 3. The van der Waals surface area contributed by atoms with Crippen molar-refractivity contribution in [2.45, 2.75) is 11.8 Å². The predicted octanol–water partition coefficient (Wildman–Crippen LogP) is 3.94. The lowest BCUT2D eigenvalue weighted by molar-refractivity contribution is 0.426. The first-order chi connectivity index (χ1) is 14.6. The van der Waals surface area contributed by atoms with E-state index in [-0.39, 0.29) is 5.75 Å². The molecule has 0 radical (unpaired) electrons. The minimum Gasteiger partial charge on any atom is -0.508 e. The number of rotatable bonds is 5. The largest absolute Gasteiger partial charge is 0.508 e. The summed E-state index contributed by atoms with van der Waals surface area (Å²) in [6.07, 6.45) is 0. The van der Waals surface area contributed by atoms with Crippen LogP contribution in [0.2, 0.25) is 0 Å². The molecule has 1 aliphatic rings. The Hall–Kier alpha value is -3.28. The third-order valence-corrected chi connectivity index (χ3v) is 5.83. The second-order valence-corrected chi connectivity index (χ2v) is 8.18. The minimum absolute atomic E-state index is 0.284. The Morgan fingerprint density at radius 3 is 2.37 bits per heavy atom. The van der Waals surface area contributed by atoms with E-state index in [4.69, 9.17) is 10.2 Å². The first kappa shape index (κ1) is 20.0. The molecule has 30 heavy (non-hydrogen) atoms. The minimum atomic E-state index is 0.284. The van der Waals surface area contributed by atoms with Crippen LogP contribution < -0.4 is 10.2 Å². The Morgan fingerprint density at radius 1 is 1.00 bits per heavy atom. The lowest BCUT2D eigenvalue weighted by atomic mass is 10.2. The average molecular weight is 419 g/mol. The van der Waals surface area contributed by atoms with Crippen LogP contribution in [0.5, 0.6) is 5.75 Å². The molecule has 0 bridgehead atoms. The first-order valence-corrected chi connectivity index (χ1v) is 10.5. The predicted molar refractivity (Wildman–Crippen MR) is 119 cm³/mol. The van der Waals surface area contributed by atoms with Gasteiger partial charge in [0.25, 0.3) is 0 Å². The van der Waals surface area contributed by atoms with Crippen molar-refractivity contribution in [3.05, 3.63) is 65.9 Å². The van der Waals surface area contributed by atoms with Crippen LogP contribution >= 0.6 is 11.9 Å². The number of phenols is 1. The summed E-state index contributed by atoms with van der Waals surface area (Å²) in [6, 6.07) is 18.6. The molecule has 4 rings (SSSR count). The van der Waals surface area contributed by atoms with E-state index in [1.54, 1.807) is 36.2 Å². The van der Waals surface area contributed by atoms with Crippen LogP contribution in [0.25, 0.3) is 0 Å². The number of hydrogen-bond acceptors (Lipinski definition) is 8. The number of nitrogens with zero attached hydrogens (tertiary/aromatic N) is 5. The summed E-state index contributed by atoms with van der Waals surface area (Å²) in [5, 5.41) is 21.7. The zero-order chi connectivity index (χ0) is 20.9. The molecule has 0 spiro atoms. The van der Waals surface area contributed by atoms with Crippen LogP contribution in [-0.4, -0.2) is 45.6 Å². The molecule has 0 atom stereocenters. The number of nitriles is 1. The van der Waals surface area contributed by atoms with Gasteiger partial charge in [-0.25, -0.2) is 9.29 Å².